The number of ketones is 1. The summed E-state index contributed by atoms with van der Waals surface area (Å²) in [6.07, 6.45) is 9.99. The van der Waals surface area contributed by atoms with Crippen LogP contribution in [0, 0.1) is 5.82 Å². The fraction of sp³-hybridized carbons (Fsp3) is 0.333. The number of aliphatic imine (C=N–C) groups is 1. The normalized spacial score (nSPS) is 16.9. The van der Waals surface area contributed by atoms with Crippen LogP contribution in [-0.4, -0.2) is 84.5 Å². The third-order valence-electron chi connectivity index (χ3n) is 7.25. The number of H-pyrrole nitrogens is 1. The number of benzene rings is 1. The lowest BCUT2D eigenvalue weighted by Gasteiger charge is -2.36. The minimum Gasteiger partial charge on any atom is -0.357 e. The van der Waals surface area contributed by atoms with Gasteiger partial charge < -0.3 is 14.8 Å². The van der Waals surface area contributed by atoms with Gasteiger partial charge in [0.1, 0.15) is 5.84 Å². The Hall–Kier alpha value is -4.41. The van der Waals surface area contributed by atoms with Crippen molar-refractivity contribution in [2.75, 3.05) is 26.2 Å². The van der Waals surface area contributed by atoms with Gasteiger partial charge in [-0.1, -0.05) is 48.4 Å². The lowest BCUT2D eigenvalue weighted by molar-refractivity contribution is -0.127. The van der Waals surface area contributed by atoms with Crippen LogP contribution in [0.5, 0.6) is 0 Å². The highest BCUT2D eigenvalue weighted by molar-refractivity contribution is 6.45. The van der Waals surface area contributed by atoms with Crippen molar-refractivity contribution in [3.05, 3.63) is 72.1 Å². The van der Waals surface area contributed by atoms with Gasteiger partial charge in [0.25, 0.3) is 11.7 Å². The van der Waals surface area contributed by atoms with E-state index in [-0.39, 0.29) is 22.3 Å². The molecule has 3 aromatic heterocycles. The highest BCUT2D eigenvalue weighted by Crippen LogP contribution is 2.27. The predicted octanol–water partition coefficient (Wildman–Crippen LogP) is 3.00. The van der Waals surface area contributed by atoms with Crippen molar-refractivity contribution in [3.8, 4) is 5.82 Å². The number of pyridine rings is 1. The van der Waals surface area contributed by atoms with Crippen molar-refractivity contribution in [2.24, 2.45) is 4.99 Å². The van der Waals surface area contributed by atoms with Crippen LogP contribution in [0.1, 0.15) is 41.6 Å². The molecule has 1 N–H and O–H groups in total. The lowest BCUT2D eigenvalue weighted by Crippen LogP contribution is -2.52. The van der Waals surface area contributed by atoms with Gasteiger partial charge in [-0.15, -0.1) is 5.10 Å². The zero-order valence-electron chi connectivity index (χ0n) is 20.8. The first-order valence-electron chi connectivity index (χ1n) is 12.8. The van der Waals surface area contributed by atoms with Crippen LogP contribution in [-0.2, 0) is 4.79 Å². The molecule has 4 heterocycles. The number of halogens is 1. The maximum atomic E-state index is 14.8. The van der Waals surface area contributed by atoms with E-state index in [0.29, 0.717) is 32.2 Å². The number of hydrogen-bond acceptors (Lipinski definition) is 6. The number of nitrogens with one attached hydrogen (secondary N) is 1. The van der Waals surface area contributed by atoms with Crippen LogP contribution in [0.3, 0.4) is 0 Å². The molecule has 2 fully saturated rings. The Morgan fingerprint density at radius 1 is 1.03 bits per heavy atom. The Morgan fingerprint density at radius 3 is 2.47 bits per heavy atom. The number of carbonyl (C=O) groups is 2. The average Bonchev–Trinajstić information content (AvgIpc) is 3.75. The molecule has 38 heavy (non-hydrogen) atoms. The lowest BCUT2D eigenvalue weighted by atomic mass is 10.1. The number of amides is 1. The van der Waals surface area contributed by atoms with Gasteiger partial charge in [-0.2, -0.15) is 0 Å². The van der Waals surface area contributed by atoms with Crippen LogP contribution >= 0.6 is 0 Å². The number of piperazine rings is 1. The van der Waals surface area contributed by atoms with Gasteiger partial charge in [0.05, 0.1) is 41.1 Å². The van der Waals surface area contributed by atoms with Gasteiger partial charge in [0, 0.05) is 37.9 Å². The molecule has 194 valence electrons. The Morgan fingerprint density at radius 2 is 1.76 bits per heavy atom. The largest absolute Gasteiger partial charge is 0.357 e. The number of Topliss-reactive ketones (excluding diaryl/α,β-unsaturated/α-hetero) is 1. The quantitative estimate of drug-likeness (QED) is 0.190. The second kappa shape index (κ2) is 10.2. The first kappa shape index (κ1) is 24.0. The molecule has 1 aliphatic carbocycles. The molecule has 11 heteroatoms. The summed E-state index contributed by atoms with van der Waals surface area (Å²) in [5.74, 6) is -0.876. The average molecular weight is 515 g/mol. The molecule has 0 radical (unpaired) electrons. The zero-order chi connectivity index (χ0) is 26.1. The number of nitrogens with zero attached hydrogens (tertiary/aromatic N) is 7. The van der Waals surface area contributed by atoms with Crippen LogP contribution in [0.25, 0.3) is 16.7 Å². The molecule has 1 amide bonds. The predicted molar refractivity (Wildman–Crippen MR) is 139 cm³/mol. The van der Waals surface area contributed by atoms with E-state index in [9.17, 15) is 14.0 Å². The van der Waals surface area contributed by atoms with Gasteiger partial charge in [0.2, 0.25) is 0 Å². The SMILES string of the molecule is O=C(C(=O)N1CCN(C(=NC2CCCC2)c2ccccc2)CC1)c1c[nH]c2c(-n3ccnn3)ncc(F)c12. The molecule has 0 unspecified atom stereocenters. The van der Waals surface area contributed by atoms with Crippen molar-refractivity contribution in [2.45, 2.75) is 31.7 Å². The third kappa shape index (κ3) is 4.44. The fourth-order valence-corrected chi connectivity index (χ4v) is 5.28. The maximum Gasteiger partial charge on any atom is 0.295 e. The zero-order valence-corrected chi connectivity index (χ0v) is 20.8. The molecule has 1 aromatic carbocycles. The molecule has 0 atom stereocenters. The Kier molecular flexibility index (Phi) is 6.40. The van der Waals surface area contributed by atoms with Crippen LogP contribution in [0.15, 0.2) is 60.1 Å². The summed E-state index contributed by atoms with van der Waals surface area (Å²) in [5.41, 5.74) is 1.30. The molecule has 2 aliphatic rings. The highest BCUT2D eigenvalue weighted by atomic mass is 19.1. The van der Waals surface area contributed by atoms with Gasteiger partial charge in [-0.25, -0.2) is 14.1 Å². The topological polar surface area (TPSA) is 112 Å². The summed E-state index contributed by atoms with van der Waals surface area (Å²) in [6.45, 7) is 1.86. The summed E-state index contributed by atoms with van der Waals surface area (Å²) in [7, 11) is 0. The number of amidine groups is 1. The van der Waals surface area contributed by atoms with Crippen molar-refractivity contribution in [3.63, 3.8) is 0 Å². The molecular formula is C27H27FN8O2. The van der Waals surface area contributed by atoms with E-state index >= 15 is 0 Å². The van der Waals surface area contributed by atoms with E-state index in [0.717, 1.165) is 30.4 Å². The molecule has 1 saturated heterocycles. The van der Waals surface area contributed by atoms with Crippen molar-refractivity contribution < 1.29 is 14.0 Å². The van der Waals surface area contributed by atoms with Crippen LogP contribution < -0.4 is 0 Å². The molecule has 0 bridgehead atoms. The van der Waals surface area contributed by atoms with E-state index in [1.54, 1.807) is 6.20 Å². The number of carbonyl (C=O) groups excluding carboxylic acids is 2. The van der Waals surface area contributed by atoms with Gasteiger partial charge in [-0.05, 0) is 12.8 Å². The van der Waals surface area contributed by atoms with Crippen molar-refractivity contribution in [1.82, 2.24) is 34.8 Å². The fourth-order valence-electron chi connectivity index (χ4n) is 5.28. The van der Waals surface area contributed by atoms with Gasteiger partial charge in [0.15, 0.2) is 11.6 Å². The monoisotopic (exact) mass is 514 g/mol. The number of aromatic nitrogens is 5. The van der Waals surface area contributed by atoms with Crippen molar-refractivity contribution >= 4 is 28.4 Å². The molecule has 1 aliphatic heterocycles. The number of hydrogen-bond donors (Lipinski definition) is 1. The van der Waals surface area contributed by atoms with E-state index in [1.807, 2.05) is 18.2 Å². The summed E-state index contributed by atoms with van der Waals surface area (Å²) in [6, 6.07) is 10.4. The standard InChI is InChI=1S/C27H27FN8O2/c28-21-17-30-26(36-11-10-31-33-36)23-22(21)20(16-29-23)24(37)27(38)35-14-12-34(13-15-35)25(18-6-2-1-3-7-18)32-19-8-4-5-9-19/h1-3,6-7,10-11,16-17,19,29H,4-5,8-9,12-15H2. The van der Waals surface area contributed by atoms with Gasteiger partial charge in [-0.3, -0.25) is 14.6 Å². The summed E-state index contributed by atoms with van der Waals surface area (Å²) < 4.78 is 16.2. The molecule has 1 saturated carbocycles. The summed E-state index contributed by atoms with van der Waals surface area (Å²) in [4.78, 5) is 42.3. The third-order valence-corrected chi connectivity index (χ3v) is 7.25. The van der Waals surface area contributed by atoms with Crippen LogP contribution in [0.4, 0.5) is 4.39 Å². The maximum absolute atomic E-state index is 14.8. The first-order chi connectivity index (χ1) is 18.6. The Labute approximate surface area is 218 Å². The second-order valence-corrected chi connectivity index (χ2v) is 9.60. The molecule has 6 rings (SSSR count). The summed E-state index contributed by atoms with van der Waals surface area (Å²) >= 11 is 0. The summed E-state index contributed by atoms with van der Waals surface area (Å²) in [5, 5.41) is 7.65. The van der Waals surface area contributed by atoms with E-state index in [2.05, 4.69) is 37.3 Å². The molecular weight excluding hydrogens is 487 g/mol. The van der Waals surface area contributed by atoms with E-state index < -0.39 is 17.5 Å². The first-order valence-corrected chi connectivity index (χ1v) is 12.8. The highest BCUT2D eigenvalue weighted by Gasteiger charge is 2.31. The van der Waals surface area contributed by atoms with Gasteiger partial charge >= 0.3 is 0 Å². The molecule has 10 nitrogen and oxygen atoms in total. The smallest absolute Gasteiger partial charge is 0.295 e. The van der Waals surface area contributed by atoms with E-state index in [1.165, 1.54) is 34.8 Å². The van der Waals surface area contributed by atoms with E-state index in [4.69, 9.17) is 4.99 Å². The second-order valence-electron chi connectivity index (χ2n) is 9.60. The Balaban J connectivity index is 1.20. The van der Waals surface area contributed by atoms with Crippen molar-refractivity contribution in [1.29, 1.82) is 0 Å². The molecule has 0 spiro atoms. The molecule has 4 aromatic rings. The number of aromatic amines is 1. The number of rotatable bonds is 5. The Bertz CT molecular complexity index is 1480. The number of fused-ring (bicyclic) bond motifs is 1. The van der Waals surface area contributed by atoms with Crippen LogP contribution in [0.2, 0.25) is 0 Å². The minimum absolute atomic E-state index is 0.0116. The minimum atomic E-state index is -0.762.